The molecule has 1 saturated heterocycles. The number of aromatic hydroxyl groups is 2. The van der Waals surface area contributed by atoms with Crippen molar-refractivity contribution in [3.8, 4) is 11.5 Å². The predicted octanol–water partition coefficient (Wildman–Crippen LogP) is 4.07. The molecule has 6 nitrogen and oxygen atoms in total. The van der Waals surface area contributed by atoms with Crippen molar-refractivity contribution in [3.05, 3.63) is 59.7 Å². The van der Waals surface area contributed by atoms with Gasteiger partial charge >= 0.3 is 6.09 Å². The summed E-state index contributed by atoms with van der Waals surface area (Å²) in [6.45, 7) is 3.22. The number of carbonyl (C=O) groups excluding carboxylic acids is 1. The molecule has 1 amide bonds. The summed E-state index contributed by atoms with van der Waals surface area (Å²) in [5, 5.41) is 24.0. The van der Waals surface area contributed by atoms with E-state index in [0.717, 1.165) is 30.4 Å². The number of benzene rings is 2. The summed E-state index contributed by atoms with van der Waals surface area (Å²) in [6, 6.07) is 14.5. The zero-order valence-electron chi connectivity index (χ0n) is 15.5. The maximum atomic E-state index is 12.3. The van der Waals surface area contributed by atoms with Gasteiger partial charge in [0.2, 0.25) is 0 Å². The summed E-state index contributed by atoms with van der Waals surface area (Å²) in [7, 11) is 0. The van der Waals surface area contributed by atoms with Crippen molar-refractivity contribution in [2.24, 2.45) is 0 Å². The lowest BCUT2D eigenvalue weighted by atomic mass is 9.89. The first-order valence-electron chi connectivity index (χ1n) is 9.37. The Morgan fingerprint density at radius 2 is 1.89 bits per heavy atom. The number of amides is 1. The molecule has 0 bridgehead atoms. The summed E-state index contributed by atoms with van der Waals surface area (Å²) in [4.78, 5) is 17.7. The molecular weight excluding hydrogens is 344 g/mol. The van der Waals surface area contributed by atoms with E-state index >= 15 is 0 Å². The first kappa shape index (κ1) is 19.0. The maximum absolute atomic E-state index is 12.3. The van der Waals surface area contributed by atoms with Gasteiger partial charge in [0.15, 0.2) is 0 Å². The number of nitrogens with one attached hydrogen (secondary N) is 1. The van der Waals surface area contributed by atoms with E-state index < -0.39 is 6.09 Å². The smallest absolute Gasteiger partial charge is 0.426 e. The normalized spacial score (nSPS) is 16.6. The number of hydrogen-bond donors (Lipinski definition) is 3. The van der Waals surface area contributed by atoms with Gasteiger partial charge in [-0.15, -0.1) is 5.06 Å². The van der Waals surface area contributed by atoms with E-state index in [-0.39, 0.29) is 23.5 Å². The molecular formula is C21H26N2O4. The molecule has 144 valence electrons. The second-order valence-electron chi connectivity index (χ2n) is 6.84. The van der Waals surface area contributed by atoms with Gasteiger partial charge in [-0.25, -0.2) is 4.79 Å². The highest BCUT2D eigenvalue weighted by molar-refractivity contribution is 5.67. The van der Waals surface area contributed by atoms with Gasteiger partial charge in [0.05, 0.1) is 6.04 Å². The molecule has 0 saturated carbocycles. The van der Waals surface area contributed by atoms with Crippen molar-refractivity contribution < 1.29 is 19.8 Å². The summed E-state index contributed by atoms with van der Waals surface area (Å²) in [5.74, 6) is 0.347. The zero-order valence-corrected chi connectivity index (χ0v) is 15.5. The third-order valence-electron chi connectivity index (χ3n) is 5.02. The van der Waals surface area contributed by atoms with Crippen molar-refractivity contribution in [2.75, 3.05) is 13.1 Å². The van der Waals surface area contributed by atoms with Crippen molar-refractivity contribution in [1.82, 2.24) is 10.4 Å². The zero-order chi connectivity index (χ0) is 19.2. The molecule has 0 aromatic heterocycles. The van der Waals surface area contributed by atoms with Crippen LogP contribution in [0.15, 0.2) is 48.5 Å². The fourth-order valence-electron chi connectivity index (χ4n) is 3.53. The van der Waals surface area contributed by atoms with E-state index in [1.165, 1.54) is 6.07 Å². The molecule has 1 fully saturated rings. The Balaban J connectivity index is 1.50. The number of carbonyl (C=O) groups is 1. The molecule has 0 unspecified atom stereocenters. The monoisotopic (exact) mass is 370 g/mol. The summed E-state index contributed by atoms with van der Waals surface area (Å²) in [6.07, 6.45) is 1.86. The van der Waals surface area contributed by atoms with Crippen molar-refractivity contribution in [3.63, 3.8) is 0 Å². The lowest BCUT2D eigenvalue weighted by molar-refractivity contribution is -0.114. The van der Waals surface area contributed by atoms with Crippen LogP contribution in [0.5, 0.6) is 11.5 Å². The van der Waals surface area contributed by atoms with Crippen LogP contribution in [-0.4, -0.2) is 34.5 Å². The predicted molar refractivity (Wildman–Crippen MR) is 102 cm³/mol. The van der Waals surface area contributed by atoms with Crippen LogP contribution in [0.4, 0.5) is 4.79 Å². The number of phenols is 2. The lowest BCUT2D eigenvalue weighted by Gasteiger charge is -2.31. The summed E-state index contributed by atoms with van der Waals surface area (Å²) >= 11 is 0. The third kappa shape index (κ3) is 4.92. The summed E-state index contributed by atoms with van der Waals surface area (Å²) < 4.78 is 0. The number of piperidine rings is 1. The van der Waals surface area contributed by atoms with E-state index in [9.17, 15) is 15.0 Å². The van der Waals surface area contributed by atoms with Crippen LogP contribution in [0.1, 0.15) is 49.3 Å². The van der Waals surface area contributed by atoms with Crippen LogP contribution in [-0.2, 0) is 4.84 Å². The quantitative estimate of drug-likeness (QED) is 0.739. The van der Waals surface area contributed by atoms with Gasteiger partial charge in [0.25, 0.3) is 0 Å². The highest BCUT2D eigenvalue weighted by atomic mass is 16.7. The van der Waals surface area contributed by atoms with Gasteiger partial charge in [-0.2, -0.15) is 0 Å². The fraction of sp³-hybridized carbons (Fsp3) is 0.381. The van der Waals surface area contributed by atoms with Gasteiger partial charge in [-0.3, -0.25) is 0 Å². The molecule has 1 atom stereocenters. The van der Waals surface area contributed by atoms with Crippen LogP contribution in [0.3, 0.4) is 0 Å². The first-order chi connectivity index (χ1) is 13.1. The molecule has 0 aliphatic carbocycles. The Morgan fingerprint density at radius 1 is 1.19 bits per heavy atom. The van der Waals surface area contributed by atoms with Crippen LogP contribution >= 0.6 is 0 Å². The molecule has 0 spiro atoms. The van der Waals surface area contributed by atoms with E-state index in [1.54, 1.807) is 17.2 Å². The van der Waals surface area contributed by atoms with Gasteiger partial charge in [0, 0.05) is 19.2 Å². The van der Waals surface area contributed by atoms with Crippen molar-refractivity contribution >= 4 is 6.09 Å². The minimum absolute atomic E-state index is 0.0533. The maximum Gasteiger partial charge on any atom is 0.426 e. The molecule has 0 radical (unpaired) electrons. The Labute approximate surface area is 159 Å². The highest BCUT2D eigenvalue weighted by Crippen LogP contribution is 2.35. The van der Waals surface area contributed by atoms with E-state index in [0.29, 0.717) is 13.1 Å². The van der Waals surface area contributed by atoms with Crippen LogP contribution in [0.25, 0.3) is 0 Å². The summed E-state index contributed by atoms with van der Waals surface area (Å²) in [5.41, 5.74) is 1.88. The van der Waals surface area contributed by atoms with Crippen LogP contribution in [0.2, 0.25) is 0 Å². The Hall–Kier alpha value is -2.73. The van der Waals surface area contributed by atoms with Gasteiger partial charge in [-0.1, -0.05) is 43.3 Å². The average molecular weight is 370 g/mol. The molecule has 3 rings (SSSR count). The number of rotatable bonds is 5. The molecule has 1 aliphatic rings. The van der Waals surface area contributed by atoms with Gasteiger partial charge in [0.1, 0.15) is 11.5 Å². The second kappa shape index (κ2) is 8.77. The Morgan fingerprint density at radius 3 is 2.52 bits per heavy atom. The molecule has 27 heavy (non-hydrogen) atoms. The largest absolute Gasteiger partial charge is 0.508 e. The number of hydroxylamine groups is 2. The third-order valence-corrected chi connectivity index (χ3v) is 5.02. The second-order valence-corrected chi connectivity index (χ2v) is 6.84. The number of nitrogens with zero attached hydrogens (tertiary/aromatic N) is 1. The first-order valence-corrected chi connectivity index (χ1v) is 9.37. The Bertz CT molecular complexity index is 758. The van der Waals surface area contributed by atoms with E-state index in [4.69, 9.17) is 4.84 Å². The lowest BCUT2D eigenvalue weighted by Crippen LogP contribution is -2.39. The topological polar surface area (TPSA) is 82.0 Å². The number of hydrogen-bond acceptors (Lipinski definition) is 5. The molecule has 6 heteroatoms. The number of phenolic OH excluding ortho intramolecular Hbond substituents is 2. The van der Waals surface area contributed by atoms with Crippen LogP contribution < -0.4 is 5.32 Å². The SMILES string of the molecule is CC[C@H](NC(=O)ON1CCC(c2ccc(O)cc2O)CC1)c1ccccc1. The minimum Gasteiger partial charge on any atom is -0.508 e. The minimum atomic E-state index is -0.448. The van der Waals surface area contributed by atoms with Crippen molar-refractivity contribution in [2.45, 2.75) is 38.1 Å². The highest BCUT2D eigenvalue weighted by Gasteiger charge is 2.25. The van der Waals surface area contributed by atoms with Gasteiger partial charge < -0.3 is 20.4 Å². The molecule has 3 N–H and O–H groups in total. The standard InChI is InChI=1S/C21H26N2O4/c1-2-19(16-6-4-3-5-7-16)22-21(26)27-23-12-10-15(11-13-23)18-9-8-17(24)14-20(18)25/h3-9,14-15,19,24-25H,2,10-13H2,1H3,(H,22,26)/t19-/m0/s1. The van der Waals surface area contributed by atoms with E-state index in [1.807, 2.05) is 37.3 Å². The van der Waals surface area contributed by atoms with Crippen molar-refractivity contribution in [1.29, 1.82) is 0 Å². The van der Waals surface area contributed by atoms with Gasteiger partial charge in [-0.05, 0) is 42.4 Å². The molecule has 2 aromatic carbocycles. The van der Waals surface area contributed by atoms with Crippen LogP contribution in [0, 0.1) is 0 Å². The molecule has 2 aromatic rings. The van der Waals surface area contributed by atoms with E-state index in [2.05, 4.69) is 5.32 Å². The average Bonchev–Trinajstić information content (AvgIpc) is 2.68. The fourth-order valence-corrected chi connectivity index (χ4v) is 3.53. The Kier molecular flexibility index (Phi) is 6.19. The molecule has 1 heterocycles. The molecule has 1 aliphatic heterocycles.